The third-order valence-electron chi connectivity index (χ3n) is 2.31. The SMILES string of the molecule is Brc1cccnc1CN1CCSCC1. The predicted molar refractivity (Wildman–Crippen MR) is 64.5 cm³/mol. The van der Waals surface area contributed by atoms with E-state index in [0.717, 1.165) is 16.7 Å². The number of thioether (sulfide) groups is 1. The molecule has 1 fully saturated rings. The maximum Gasteiger partial charge on any atom is 0.0685 e. The van der Waals surface area contributed by atoms with Crippen molar-refractivity contribution in [2.24, 2.45) is 0 Å². The number of nitrogens with zero attached hydrogens (tertiary/aromatic N) is 2. The van der Waals surface area contributed by atoms with Crippen LogP contribution in [0.1, 0.15) is 5.69 Å². The van der Waals surface area contributed by atoms with Crippen LogP contribution in [0.4, 0.5) is 0 Å². The molecule has 0 amide bonds. The molecule has 0 N–H and O–H groups in total. The number of pyridine rings is 1. The van der Waals surface area contributed by atoms with Crippen molar-refractivity contribution in [3.63, 3.8) is 0 Å². The average Bonchev–Trinajstić information content (AvgIpc) is 2.23. The standard InChI is InChI=1S/C10H13BrN2S/c11-9-2-1-3-12-10(9)8-13-4-6-14-7-5-13/h1-3H,4-8H2. The number of aromatic nitrogens is 1. The summed E-state index contributed by atoms with van der Waals surface area (Å²) >= 11 is 5.57. The van der Waals surface area contributed by atoms with Gasteiger partial charge in [0.05, 0.1) is 5.69 Å². The van der Waals surface area contributed by atoms with Crippen LogP contribution in [0, 0.1) is 0 Å². The van der Waals surface area contributed by atoms with Gasteiger partial charge >= 0.3 is 0 Å². The summed E-state index contributed by atoms with van der Waals surface area (Å²) in [5.41, 5.74) is 1.15. The zero-order valence-corrected chi connectivity index (χ0v) is 10.4. The smallest absolute Gasteiger partial charge is 0.0685 e. The molecule has 1 aromatic rings. The van der Waals surface area contributed by atoms with Crippen LogP contribution in [0.3, 0.4) is 0 Å². The van der Waals surface area contributed by atoms with Gasteiger partial charge in [-0.2, -0.15) is 11.8 Å². The molecule has 0 unspecified atom stereocenters. The lowest BCUT2D eigenvalue weighted by Crippen LogP contribution is -2.32. The Morgan fingerprint density at radius 1 is 1.43 bits per heavy atom. The van der Waals surface area contributed by atoms with Crippen LogP contribution in [-0.2, 0) is 6.54 Å². The van der Waals surface area contributed by atoms with E-state index >= 15 is 0 Å². The van der Waals surface area contributed by atoms with Crippen molar-refractivity contribution in [1.82, 2.24) is 9.88 Å². The Morgan fingerprint density at radius 3 is 2.93 bits per heavy atom. The van der Waals surface area contributed by atoms with Crippen LogP contribution in [0.15, 0.2) is 22.8 Å². The average molecular weight is 273 g/mol. The lowest BCUT2D eigenvalue weighted by Gasteiger charge is -2.25. The van der Waals surface area contributed by atoms with E-state index in [2.05, 4.69) is 31.9 Å². The van der Waals surface area contributed by atoms with Gasteiger partial charge in [0.15, 0.2) is 0 Å². The van der Waals surface area contributed by atoms with Gasteiger partial charge in [-0.15, -0.1) is 0 Å². The van der Waals surface area contributed by atoms with Crippen LogP contribution in [-0.4, -0.2) is 34.5 Å². The van der Waals surface area contributed by atoms with E-state index in [4.69, 9.17) is 0 Å². The van der Waals surface area contributed by atoms with E-state index in [1.54, 1.807) is 0 Å². The third-order valence-corrected chi connectivity index (χ3v) is 3.98. The fourth-order valence-electron chi connectivity index (χ4n) is 1.51. The van der Waals surface area contributed by atoms with Crippen molar-refractivity contribution in [1.29, 1.82) is 0 Å². The molecule has 0 aromatic carbocycles. The second-order valence-corrected chi connectivity index (χ2v) is 5.40. The topological polar surface area (TPSA) is 16.1 Å². The fraction of sp³-hybridized carbons (Fsp3) is 0.500. The molecule has 0 spiro atoms. The first-order valence-corrected chi connectivity index (χ1v) is 6.70. The first kappa shape index (κ1) is 10.5. The Labute approximate surface area is 97.2 Å². The minimum atomic E-state index is 0.974. The fourth-order valence-corrected chi connectivity index (χ4v) is 2.86. The van der Waals surface area contributed by atoms with Gasteiger partial charge in [0.2, 0.25) is 0 Å². The molecular weight excluding hydrogens is 260 g/mol. The zero-order chi connectivity index (χ0) is 9.80. The first-order valence-electron chi connectivity index (χ1n) is 4.76. The molecule has 76 valence electrons. The Balaban J connectivity index is 1.99. The van der Waals surface area contributed by atoms with Crippen LogP contribution in [0.25, 0.3) is 0 Å². The molecule has 1 aliphatic rings. The molecule has 2 nitrogen and oxygen atoms in total. The van der Waals surface area contributed by atoms with E-state index in [0.29, 0.717) is 0 Å². The summed E-state index contributed by atoms with van der Waals surface area (Å²) in [7, 11) is 0. The van der Waals surface area contributed by atoms with Crippen molar-refractivity contribution in [2.45, 2.75) is 6.54 Å². The normalized spacial score (nSPS) is 18.4. The van der Waals surface area contributed by atoms with Gasteiger partial charge in [0, 0.05) is 41.8 Å². The number of hydrogen-bond donors (Lipinski definition) is 0. The minimum absolute atomic E-state index is 0.974. The monoisotopic (exact) mass is 272 g/mol. The molecule has 1 aliphatic heterocycles. The summed E-state index contributed by atoms with van der Waals surface area (Å²) in [6, 6.07) is 4.01. The van der Waals surface area contributed by atoms with E-state index in [1.165, 1.54) is 24.6 Å². The van der Waals surface area contributed by atoms with Gasteiger partial charge in [0.25, 0.3) is 0 Å². The highest BCUT2D eigenvalue weighted by Gasteiger charge is 2.12. The zero-order valence-electron chi connectivity index (χ0n) is 7.95. The van der Waals surface area contributed by atoms with Crippen LogP contribution < -0.4 is 0 Å². The molecule has 0 radical (unpaired) electrons. The predicted octanol–water partition coefficient (Wildman–Crippen LogP) is 2.39. The van der Waals surface area contributed by atoms with Crippen LogP contribution in [0.5, 0.6) is 0 Å². The van der Waals surface area contributed by atoms with Crippen molar-refractivity contribution >= 4 is 27.7 Å². The molecule has 0 saturated carbocycles. The lowest BCUT2D eigenvalue weighted by atomic mass is 10.3. The van der Waals surface area contributed by atoms with Crippen molar-refractivity contribution in [3.8, 4) is 0 Å². The Kier molecular flexibility index (Phi) is 3.84. The molecule has 2 heterocycles. The molecule has 0 atom stereocenters. The van der Waals surface area contributed by atoms with Crippen molar-refractivity contribution in [2.75, 3.05) is 24.6 Å². The second kappa shape index (κ2) is 5.14. The molecule has 2 rings (SSSR count). The van der Waals surface area contributed by atoms with Crippen LogP contribution >= 0.6 is 27.7 Å². The molecule has 4 heteroatoms. The largest absolute Gasteiger partial charge is 0.296 e. The van der Waals surface area contributed by atoms with Gasteiger partial charge in [-0.3, -0.25) is 9.88 Å². The molecule has 1 aromatic heterocycles. The highest BCUT2D eigenvalue weighted by molar-refractivity contribution is 9.10. The number of rotatable bonds is 2. The molecular formula is C10H13BrN2S. The second-order valence-electron chi connectivity index (χ2n) is 3.32. The highest BCUT2D eigenvalue weighted by atomic mass is 79.9. The van der Waals surface area contributed by atoms with E-state index < -0.39 is 0 Å². The summed E-state index contributed by atoms with van der Waals surface area (Å²) in [5, 5.41) is 0. The van der Waals surface area contributed by atoms with Crippen molar-refractivity contribution in [3.05, 3.63) is 28.5 Å². The molecule has 0 aliphatic carbocycles. The third kappa shape index (κ3) is 2.72. The van der Waals surface area contributed by atoms with E-state index in [9.17, 15) is 0 Å². The minimum Gasteiger partial charge on any atom is -0.296 e. The Bertz CT molecular complexity index is 300. The molecule has 0 bridgehead atoms. The van der Waals surface area contributed by atoms with Gasteiger partial charge in [0.1, 0.15) is 0 Å². The highest BCUT2D eigenvalue weighted by Crippen LogP contribution is 2.17. The number of halogens is 1. The Morgan fingerprint density at radius 2 is 2.21 bits per heavy atom. The molecule has 1 saturated heterocycles. The summed E-state index contributed by atoms with van der Waals surface area (Å²) in [4.78, 5) is 6.84. The maximum atomic E-state index is 4.38. The van der Waals surface area contributed by atoms with Crippen LogP contribution in [0.2, 0.25) is 0 Å². The Hall–Kier alpha value is -0.0600. The van der Waals surface area contributed by atoms with Gasteiger partial charge < -0.3 is 0 Å². The van der Waals surface area contributed by atoms with E-state index in [1.807, 2.05) is 24.0 Å². The summed E-state index contributed by atoms with van der Waals surface area (Å²) in [5.74, 6) is 2.51. The van der Waals surface area contributed by atoms with Gasteiger partial charge in [-0.25, -0.2) is 0 Å². The quantitative estimate of drug-likeness (QED) is 0.823. The van der Waals surface area contributed by atoms with Crippen molar-refractivity contribution < 1.29 is 0 Å². The van der Waals surface area contributed by atoms with E-state index in [-0.39, 0.29) is 0 Å². The summed E-state index contributed by atoms with van der Waals surface area (Å²) in [6.07, 6.45) is 1.86. The lowest BCUT2D eigenvalue weighted by molar-refractivity contribution is 0.290. The van der Waals surface area contributed by atoms with Gasteiger partial charge in [-0.1, -0.05) is 0 Å². The molecule has 14 heavy (non-hydrogen) atoms. The number of hydrogen-bond acceptors (Lipinski definition) is 3. The summed E-state index contributed by atoms with van der Waals surface area (Å²) < 4.78 is 1.12. The van der Waals surface area contributed by atoms with Gasteiger partial charge in [-0.05, 0) is 28.1 Å². The first-order chi connectivity index (χ1) is 6.86. The maximum absolute atomic E-state index is 4.38. The summed E-state index contributed by atoms with van der Waals surface area (Å²) in [6.45, 7) is 3.35.